The molecule has 1 aromatic carbocycles. The zero-order valence-electron chi connectivity index (χ0n) is 14.5. The van der Waals surface area contributed by atoms with Crippen molar-refractivity contribution >= 4 is 0 Å². The van der Waals surface area contributed by atoms with Crippen molar-refractivity contribution in [1.82, 2.24) is 9.80 Å². The van der Waals surface area contributed by atoms with E-state index >= 15 is 0 Å². The summed E-state index contributed by atoms with van der Waals surface area (Å²) in [6.07, 6.45) is 0. The van der Waals surface area contributed by atoms with Crippen LogP contribution in [-0.2, 0) is 0 Å². The average Bonchev–Trinajstić information content (AvgIpc) is 2.49. The van der Waals surface area contributed by atoms with Crippen LogP contribution in [0.3, 0.4) is 0 Å². The molecule has 0 aromatic heterocycles. The molecule has 4 heteroatoms. The molecule has 0 saturated carbocycles. The van der Waals surface area contributed by atoms with E-state index in [4.69, 9.17) is 10.5 Å². The highest BCUT2D eigenvalue weighted by molar-refractivity contribution is 5.29. The van der Waals surface area contributed by atoms with Gasteiger partial charge in [0.05, 0.1) is 6.61 Å². The molecule has 1 heterocycles. The van der Waals surface area contributed by atoms with Crippen LogP contribution in [-0.4, -0.2) is 55.7 Å². The first-order chi connectivity index (χ1) is 10.5. The summed E-state index contributed by atoms with van der Waals surface area (Å²) in [6.45, 7) is 11.3. The van der Waals surface area contributed by atoms with Crippen LogP contribution in [0.5, 0.6) is 5.75 Å². The molecule has 124 valence electrons. The lowest BCUT2D eigenvalue weighted by molar-refractivity contribution is 0.0635. The van der Waals surface area contributed by atoms with Gasteiger partial charge in [0, 0.05) is 38.3 Å². The summed E-state index contributed by atoms with van der Waals surface area (Å²) in [7, 11) is 2.19. The highest BCUT2D eigenvalue weighted by atomic mass is 16.5. The number of likely N-dealkylation sites (N-methyl/N-ethyl adjacent to an activating group) is 1. The van der Waals surface area contributed by atoms with E-state index in [0.29, 0.717) is 24.5 Å². The summed E-state index contributed by atoms with van der Waals surface area (Å²) >= 11 is 0. The second-order valence-corrected chi connectivity index (χ2v) is 6.87. The number of nitrogens with zero attached hydrogens (tertiary/aromatic N) is 2. The standard InChI is InChI=1S/C18H31N3O/c1-14(2)13-22-17-7-5-16(6-8-17)18(11-19)21-10-9-20(4)12-15(21)3/h5-8,14-15,18H,9-13,19H2,1-4H3. The van der Waals surface area contributed by atoms with Crippen LogP contribution < -0.4 is 10.5 Å². The van der Waals surface area contributed by atoms with E-state index in [0.717, 1.165) is 32.0 Å². The number of rotatable bonds is 6. The molecule has 0 bridgehead atoms. The van der Waals surface area contributed by atoms with Gasteiger partial charge < -0.3 is 15.4 Å². The first kappa shape index (κ1) is 17.3. The summed E-state index contributed by atoms with van der Waals surface area (Å²) in [5.41, 5.74) is 7.37. The lowest BCUT2D eigenvalue weighted by Crippen LogP contribution is -2.52. The van der Waals surface area contributed by atoms with E-state index in [1.165, 1.54) is 5.56 Å². The van der Waals surface area contributed by atoms with Crippen LogP contribution in [0.4, 0.5) is 0 Å². The maximum absolute atomic E-state index is 6.08. The fraction of sp³-hybridized carbons (Fsp3) is 0.667. The maximum Gasteiger partial charge on any atom is 0.119 e. The molecule has 1 aliphatic rings. The first-order valence-electron chi connectivity index (χ1n) is 8.38. The molecule has 0 spiro atoms. The molecule has 1 aromatic rings. The first-order valence-corrected chi connectivity index (χ1v) is 8.38. The molecule has 0 radical (unpaired) electrons. The SMILES string of the molecule is CC(C)COc1ccc(C(CN)N2CCN(C)CC2C)cc1. The Morgan fingerprint density at radius 1 is 1.23 bits per heavy atom. The summed E-state index contributed by atoms with van der Waals surface area (Å²) in [5.74, 6) is 1.49. The van der Waals surface area contributed by atoms with Crippen molar-refractivity contribution in [3.8, 4) is 5.75 Å². The van der Waals surface area contributed by atoms with Gasteiger partial charge in [0.25, 0.3) is 0 Å². The Balaban J connectivity index is 2.04. The molecule has 2 unspecified atom stereocenters. The van der Waals surface area contributed by atoms with Crippen LogP contribution in [0.1, 0.15) is 32.4 Å². The Kier molecular flexibility index (Phi) is 6.24. The Hall–Kier alpha value is -1.10. The van der Waals surface area contributed by atoms with E-state index in [1.807, 2.05) is 0 Å². The normalized spacial score (nSPS) is 22.0. The molecule has 0 amide bonds. The van der Waals surface area contributed by atoms with Crippen molar-refractivity contribution in [1.29, 1.82) is 0 Å². The minimum absolute atomic E-state index is 0.294. The fourth-order valence-corrected chi connectivity index (χ4v) is 3.13. The van der Waals surface area contributed by atoms with Crippen LogP contribution in [0.2, 0.25) is 0 Å². The topological polar surface area (TPSA) is 41.7 Å². The second-order valence-electron chi connectivity index (χ2n) is 6.87. The highest BCUT2D eigenvalue weighted by Gasteiger charge is 2.28. The van der Waals surface area contributed by atoms with Gasteiger partial charge in [0.15, 0.2) is 0 Å². The third kappa shape index (κ3) is 4.45. The Bertz CT molecular complexity index is 446. The molecule has 22 heavy (non-hydrogen) atoms. The molecular formula is C18H31N3O. The van der Waals surface area contributed by atoms with Crippen molar-refractivity contribution in [2.24, 2.45) is 11.7 Å². The predicted molar refractivity (Wildman–Crippen MR) is 92.2 cm³/mol. The van der Waals surface area contributed by atoms with Gasteiger partial charge in [-0.05, 0) is 37.6 Å². The van der Waals surface area contributed by atoms with E-state index < -0.39 is 0 Å². The van der Waals surface area contributed by atoms with Crippen molar-refractivity contribution in [3.05, 3.63) is 29.8 Å². The van der Waals surface area contributed by atoms with E-state index in [2.05, 4.69) is 61.9 Å². The summed E-state index contributed by atoms with van der Waals surface area (Å²) in [5, 5.41) is 0. The summed E-state index contributed by atoms with van der Waals surface area (Å²) in [6, 6.07) is 9.30. The number of hydrogen-bond acceptors (Lipinski definition) is 4. The molecule has 2 N–H and O–H groups in total. The fourth-order valence-electron chi connectivity index (χ4n) is 3.13. The van der Waals surface area contributed by atoms with Gasteiger partial charge in [0.2, 0.25) is 0 Å². The van der Waals surface area contributed by atoms with Gasteiger partial charge in [-0.3, -0.25) is 4.90 Å². The number of nitrogens with two attached hydrogens (primary N) is 1. The summed E-state index contributed by atoms with van der Waals surface area (Å²) in [4.78, 5) is 4.92. The van der Waals surface area contributed by atoms with Crippen molar-refractivity contribution < 1.29 is 4.74 Å². The van der Waals surface area contributed by atoms with Crippen LogP contribution in [0.25, 0.3) is 0 Å². The Morgan fingerprint density at radius 2 is 1.91 bits per heavy atom. The largest absolute Gasteiger partial charge is 0.493 e. The molecule has 1 aliphatic heterocycles. The maximum atomic E-state index is 6.08. The number of piperazine rings is 1. The van der Waals surface area contributed by atoms with Crippen LogP contribution in [0.15, 0.2) is 24.3 Å². The highest BCUT2D eigenvalue weighted by Crippen LogP contribution is 2.26. The molecular weight excluding hydrogens is 274 g/mol. The zero-order valence-corrected chi connectivity index (χ0v) is 14.5. The van der Waals surface area contributed by atoms with Gasteiger partial charge in [-0.2, -0.15) is 0 Å². The van der Waals surface area contributed by atoms with Gasteiger partial charge in [-0.15, -0.1) is 0 Å². The Morgan fingerprint density at radius 3 is 2.45 bits per heavy atom. The lowest BCUT2D eigenvalue weighted by atomic mass is 10.0. The Labute approximate surface area is 135 Å². The van der Waals surface area contributed by atoms with Gasteiger partial charge in [0.1, 0.15) is 5.75 Å². The van der Waals surface area contributed by atoms with Crippen molar-refractivity contribution in [2.75, 3.05) is 39.8 Å². The smallest absolute Gasteiger partial charge is 0.119 e. The second kappa shape index (κ2) is 7.95. The third-order valence-corrected chi connectivity index (χ3v) is 4.35. The number of ether oxygens (including phenoxy) is 1. The van der Waals surface area contributed by atoms with E-state index in [9.17, 15) is 0 Å². The minimum Gasteiger partial charge on any atom is -0.493 e. The lowest BCUT2D eigenvalue weighted by Gasteiger charge is -2.42. The van der Waals surface area contributed by atoms with Crippen LogP contribution in [0, 0.1) is 5.92 Å². The average molecular weight is 305 g/mol. The molecule has 4 nitrogen and oxygen atoms in total. The van der Waals surface area contributed by atoms with Gasteiger partial charge >= 0.3 is 0 Å². The van der Waals surface area contributed by atoms with Gasteiger partial charge in [-0.25, -0.2) is 0 Å². The van der Waals surface area contributed by atoms with Crippen molar-refractivity contribution in [2.45, 2.75) is 32.9 Å². The summed E-state index contributed by atoms with van der Waals surface area (Å²) < 4.78 is 5.76. The third-order valence-electron chi connectivity index (χ3n) is 4.35. The zero-order chi connectivity index (χ0) is 16.1. The van der Waals surface area contributed by atoms with E-state index in [-0.39, 0.29) is 0 Å². The molecule has 2 rings (SSSR count). The molecule has 1 fully saturated rings. The molecule has 0 aliphatic carbocycles. The number of benzene rings is 1. The van der Waals surface area contributed by atoms with E-state index in [1.54, 1.807) is 0 Å². The number of hydrogen-bond donors (Lipinski definition) is 1. The quantitative estimate of drug-likeness (QED) is 0.876. The molecule has 2 atom stereocenters. The predicted octanol–water partition coefficient (Wildman–Crippen LogP) is 2.36. The van der Waals surface area contributed by atoms with Gasteiger partial charge in [-0.1, -0.05) is 26.0 Å². The van der Waals surface area contributed by atoms with Crippen molar-refractivity contribution in [3.63, 3.8) is 0 Å². The monoisotopic (exact) mass is 305 g/mol. The van der Waals surface area contributed by atoms with Crippen LogP contribution >= 0.6 is 0 Å². The minimum atomic E-state index is 0.294. The molecule has 1 saturated heterocycles.